The third-order valence-electron chi connectivity index (χ3n) is 2.35. The van der Waals surface area contributed by atoms with Crippen molar-refractivity contribution < 1.29 is 14.7 Å². The SMILES string of the molecule is CC(O)C(N)c1nc(-c2cccc(O)c2)no1. The molecule has 90 valence electrons. The molecule has 0 aliphatic carbocycles. The third-order valence-corrected chi connectivity index (χ3v) is 2.35. The monoisotopic (exact) mass is 235 g/mol. The van der Waals surface area contributed by atoms with Gasteiger partial charge < -0.3 is 20.5 Å². The summed E-state index contributed by atoms with van der Waals surface area (Å²) in [6, 6.07) is 5.76. The molecule has 6 nitrogen and oxygen atoms in total. The lowest BCUT2D eigenvalue weighted by Crippen LogP contribution is -2.23. The predicted molar refractivity (Wildman–Crippen MR) is 60.0 cm³/mol. The van der Waals surface area contributed by atoms with E-state index in [0.29, 0.717) is 11.4 Å². The summed E-state index contributed by atoms with van der Waals surface area (Å²) < 4.78 is 4.95. The van der Waals surface area contributed by atoms with Crippen LogP contribution in [0.25, 0.3) is 11.4 Å². The maximum atomic E-state index is 9.33. The molecule has 2 atom stereocenters. The van der Waals surface area contributed by atoms with Crippen molar-refractivity contribution in [3.63, 3.8) is 0 Å². The zero-order chi connectivity index (χ0) is 12.4. The summed E-state index contributed by atoms with van der Waals surface area (Å²) in [5.74, 6) is 0.610. The number of nitrogens with zero attached hydrogens (tertiary/aromatic N) is 2. The van der Waals surface area contributed by atoms with Crippen molar-refractivity contribution in [2.24, 2.45) is 5.73 Å². The van der Waals surface area contributed by atoms with Crippen molar-refractivity contribution in [2.45, 2.75) is 19.1 Å². The van der Waals surface area contributed by atoms with Gasteiger partial charge in [0.2, 0.25) is 11.7 Å². The van der Waals surface area contributed by atoms with Gasteiger partial charge in [0.25, 0.3) is 0 Å². The first-order valence-electron chi connectivity index (χ1n) is 5.14. The van der Waals surface area contributed by atoms with Crippen LogP contribution in [0.4, 0.5) is 0 Å². The van der Waals surface area contributed by atoms with E-state index in [9.17, 15) is 10.2 Å². The minimum Gasteiger partial charge on any atom is -0.508 e. The minimum atomic E-state index is -0.771. The van der Waals surface area contributed by atoms with Crippen molar-refractivity contribution in [2.75, 3.05) is 0 Å². The molecule has 2 unspecified atom stereocenters. The van der Waals surface area contributed by atoms with Crippen LogP contribution in [0.2, 0.25) is 0 Å². The highest BCUT2D eigenvalue weighted by Crippen LogP contribution is 2.22. The van der Waals surface area contributed by atoms with Crippen molar-refractivity contribution >= 4 is 0 Å². The molecule has 0 aliphatic heterocycles. The number of aliphatic hydroxyl groups excluding tert-OH is 1. The van der Waals surface area contributed by atoms with Crippen molar-refractivity contribution in [1.29, 1.82) is 0 Å². The Labute approximate surface area is 97.7 Å². The largest absolute Gasteiger partial charge is 0.508 e. The van der Waals surface area contributed by atoms with Crippen LogP contribution in [-0.4, -0.2) is 26.5 Å². The van der Waals surface area contributed by atoms with E-state index in [1.165, 1.54) is 6.07 Å². The Balaban J connectivity index is 2.30. The Hall–Kier alpha value is -1.92. The zero-order valence-electron chi connectivity index (χ0n) is 9.24. The number of phenolic OH excluding ortho intramolecular Hbond substituents is 1. The van der Waals surface area contributed by atoms with Crippen LogP contribution in [0, 0.1) is 0 Å². The number of aromatic hydroxyl groups is 1. The van der Waals surface area contributed by atoms with Crippen LogP contribution >= 0.6 is 0 Å². The number of hydrogen-bond donors (Lipinski definition) is 3. The Morgan fingerprint density at radius 3 is 2.82 bits per heavy atom. The first-order valence-corrected chi connectivity index (χ1v) is 5.14. The lowest BCUT2D eigenvalue weighted by Gasteiger charge is -2.08. The molecule has 0 amide bonds. The number of hydrogen-bond acceptors (Lipinski definition) is 6. The molecular weight excluding hydrogens is 222 g/mol. The predicted octanol–water partition coefficient (Wildman–Crippen LogP) is 0.823. The number of rotatable bonds is 3. The van der Waals surface area contributed by atoms with Gasteiger partial charge in [-0.05, 0) is 19.1 Å². The third kappa shape index (κ3) is 2.43. The van der Waals surface area contributed by atoms with E-state index in [0.717, 1.165) is 0 Å². The van der Waals surface area contributed by atoms with Crippen molar-refractivity contribution in [1.82, 2.24) is 10.1 Å². The first kappa shape index (κ1) is 11.6. The van der Waals surface area contributed by atoms with Crippen LogP contribution in [-0.2, 0) is 0 Å². The molecule has 1 aromatic heterocycles. The Kier molecular flexibility index (Phi) is 3.08. The van der Waals surface area contributed by atoms with E-state index in [-0.39, 0.29) is 11.6 Å². The molecule has 6 heteroatoms. The number of aliphatic hydroxyl groups is 1. The van der Waals surface area contributed by atoms with Gasteiger partial charge in [-0.2, -0.15) is 4.98 Å². The van der Waals surface area contributed by atoms with Crippen LogP contribution < -0.4 is 5.73 Å². The first-order chi connectivity index (χ1) is 8.08. The maximum Gasteiger partial charge on any atom is 0.246 e. The Morgan fingerprint density at radius 2 is 2.18 bits per heavy atom. The second-order valence-electron chi connectivity index (χ2n) is 3.77. The highest BCUT2D eigenvalue weighted by molar-refractivity contribution is 5.56. The van der Waals surface area contributed by atoms with Crippen LogP contribution in [0.1, 0.15) is 18.9 Å². The van der Waals surface area contributed by atoms with Gasteiger partial charge in [-0.15, -0.1) is 0 Å². The van der Waals surface area contributed by atoms with E-state index in [1.807, 2.05) is 0 Å². The summed E-state index contributed by atoms with van der Waals surface area (Å²) in [6.07, 6.45) is -0.771. The van der Waals surface area contributed by atoms with Gasteiger partial charge in [0.05, 0.1) is 6.10 Å². The molecule has 0 bridgehead atoms. The summed E-state index contributed by atoms with van der Waals surface area (Å²) in [7, 11) is 0. The fourth-order valence-corrected chi connectivity index (χ4v) is 1.34. The molecule has 0 saturated carbocycles. The number of benzene rings is 1. The summed E-state index contributed by atoms with van der Waals surface area (Å²) in [6.45, 7) is 1.54. The van der Waals surface area contributed by atoms with E-state index in [1.54, 1.807) is 25.1 Å². The highest BCUT2D eigenvalue weighted by Gasteiger charge is 2.19. The smallest absolute Gasteiger partial charge is 0.246 e. The molecule has 2 rings (SSSR count). The molecule has 1 aromatic carbocycles. The van der Waals surface area contributed by atoms with Crippen LogP contribution in [0.3, 0.4) is 0 Å². The van der Waals surface area contributed by atoms with Crippen LogP contribution in [0.5, 0.6) is 5.75 Å². The normalized spacial score (nSPS) is 14.5. The Morgan fingerprint density at radius 1 is 1.41 bits per heavy atom. The van der Waals surface area contributed by atoms with Crippen molar-refractivity contribution in [3.05, 3.63) is 30.2 Å². The quantitative estimate of drug-likeness (QED) is 0.727. The number of nitrogens with two attached hydrogens (primary N) is 1. The second kappa shape index (κ2) is 4.52. The minimum absolute atomic E-state index is 0.119. The summed E-state index contributed by atoms with van der Waals surface area (Å²) in [5, 5.41) is 22.4. The molecule has 0 aliphatic rings. The standard InChI is InChI=1S/C11H13N3O3/c1-6(15)9(12)11-13-10(14-17-11)7-3-2-4-8(16)5-7/h2-6,9,15-16H,12H2,1H3. The summed E-state index contributed by atoms with van der Waals surface area (Å²) in [4.78, 5) is 4.07. The maximum absolute atomic E-state index is 9.33. The summed E-state index contributed by atoms with van der Waals surface area (Å²) in [5.41, 5.74) is 6.29. The van der Waals surface area contributed by atoms with Gasteiger partial charge in [0.1, 0.15) is 11.8 Å². The lowest BCUT2D eigenvalue weighted by molar-refractivity contribution is 0.146. The number of aromatic nitrogens is 2. The number of phenols is 1. The van der Waals surface area contributed by atoms with Crippen LogP contribution in [0.15, 0.2) is 28.8 Å². The van der Waals surface area contributed by atoms with E-state index in [4.69, 9.17) is 10.3 Å². The van der Waals surface area contributed by atoms with Gasteiger partial charge in [-0.3, -0.25) is 0 Å². The zero-order valence-corrected chi connectivity index (χ0v) is 9.24. The molecule has 0 radical (unpaired) electrons. The van der Waals surface area contributed by atoms with E-state index >= 15 is 0 Å². The topological polar surface area (TPSA) is 105 Å². The second-order valence-corrected chi connectivity index (χ2v) is 3.77. The van der Waals surface area contributed by atoms with Gasteiger partial charge in [-0.25, -0.2) is 0 Å². The fourth-order valence-electron chi connectivity index (χ4n) is 1.34. The average Bonchev–Trinajstić information content (AvgIpc) is 2.77. The molecule has 17 heavy (non-hydrogen) atoms. The molecule has 2 aromatic rings. The van der Waals surface area contributed by atoms with Gasteiger partial charge in [0.15, 0.2) is 0 Å². The van der Waals surface area contributed by atoms with Crippen molar-refractivity contribution in [3.8, 4) is 17.1 Å². The lowest BCUT2D eigenvalue weighted by atomic mass is 10.2. The highest BCUT2D eigenvalue weighted by atomic mass is 16.5. The molecule has 0 saturated heterocycles. The molecule has 0 fully saturated rings. The molecule has 1 heterocycles. The molecular formula is C11H13N3O3. The average molecular weight is 235 g/mol. The fraction of sp³-hybridized carbons (Fsp3) is 0.273. The Bertz CT molecular complexity index is 510. The summed E-state index contributed by atoms with van der Waals surface area (Å²) >= 11 is 0. The molecule has 4 N–H and O–H groups in total. The van der Waals surface area contributed by atoms with E-state index < -0.39 is 12.1 Å². The van der Waals surface area contributed by atoms with Gasteiger partial charge in [0, 0.05) is 5.56 Å². The van der Waals surface area contributed by atoms with E-state index in [2.05, 4.69) is 10.1 Å². The molecule has 0 spiro atoms. The van der Waals surface area contributed by atoms with Gasteiger partial charge in [-0.1, -0.05) is 17.3 Å². The van der Waals surface area contributed by atoms with Gasteiger partial charge >= 0.3 is 0 Å².